The molecule has 17 heavy (non-hydrogen) atoms. The van der Waals surface area contributed by atoms with Crippen molar-refractivity contribution in [3.8, 4) is 0 Å². The first kappa shape index (κ1) is 12.4. The molecule has 1 aromatic rings. The molecule has 1 aliphatic rings. The molecule has 0 saturated heterocycles. The Morgan fingerprint density at radius 2 is 2.29 bits per heavy atom. The van der Waals surface area contributed by atoms with Gasteiger partial charge in [0, 0.05) is 6.04 Å². The third kappa shape index (κ3) is 2.78. The van der Waals surface area contributed by atoms with Crippen molar-refractivity contribution in [2.45, 2.75) is 44.1 Å². The van der Waals surface area contributed by atoms with Crippen LogP contribution in [0.1, 0.15) is 42.7 Å². The molecule has 0 fully saturated rings. The van der Waals surface area contributed by atoms with E-state index in [0.29, 0.717) is 12.0 Å². The second kappa shape index (κ2) is 6.02. The highest BCUT2D eigenvalue weighted by Crippen LogP contribution is 2.36. The van der Waals surface area contributed by atoms with Crippen LogP contribution >= 0.6 is 0 Å². The fourth-order valence-electron chi connectivity index (χ4n) is 3.04. The Labute approximate surface area is 105 Å². The summed E-state index contributed by atoms with van der Waals surface area (Å²) in [7, 11) is 2.10. The van der Waals surface area contributed by atoms with Crippen LogP contribution in [-0.2, 0) is 6.42 Å². The Hall–Kier alpha value is -1.08. The summed E-state index contributed by atoms with van der Waals surface area (Å²) in [5.74, 6) is 0.709. The number of unbranched alkanes of at least 4 members (excludes halogenated alkanes) is 1. The standard InChI is InChI=1S/C16H23N/c1-3-4-5-10-16(17-2)15-12-11-13-8-6-7-9-14(13)15/h3,6-9,15-17H,1,4-5,10-12H2,2H3. The van der Waals surface area contributed by atoms with Crippen molar-refractivity contribution in [1.29, 1.82) is 0 Å². The first-order valence-electron chi connectivity index (χ1n) is 6.72. The monoisotopic (exact) mass is 229 g/mol. The summed E-state index contributed by atoms with van der Waals surface area (Å²) >= 11 is 0. The zero-order valence-electron chi connectivity index (χ0n) is 10.8. The molecule has 1 heteroatoms. The van der Waals surface area contributed by atoms with E-state index in [0.717, 1.165) is 6.42 Å². The minimum Gasteiger partial charge on any atom is -0.316 e. The van der Waals surface area contributed by atoms with Crippen LogP contribution in [0.25, 0.3) is 0 Å². The van der Waals surface area contributed by atoms with E-state index in [4.69, 9.17) is 0 Å². The molecule has 1 aromatic carbocycles. The third-order valence-electron chi connectivity index (χ3n) is 3.96. The van der Waals surface area contributed by atoms with E-state index in [-0.39, 0.29) is 0 Å². The molecule has 2 unspecified atom stereocenters. The molecule has 92 valence electrons. The number of nitrogens with one attached hydrogen (secondary N) is 1. The fourth-order valence-corrected chi connectivity index (χ4v) is 3.04. The second-order valence-corrected chi connectivity index (χ2v) is 4.96. The Morgan fingerprint density at radius 1 is 1.47 bits per heavy atom. The van der Waals surface area contributed by atoms with E-state index in [2.05, 4.69) is 43.2 Å². The molecule has 1 aliphatic carbocycles. The highest BCUT2D eigenvalue weighted by Gasteiger charge is 2.27. The van der Waals surface area contributed by atoms with Crippen molar-refractivity contribution >= 4 is 0 Å². The van der Waals surface area contributed by atoms with Crippen molar-refractivity contribution in [2.24, 2.45) is 0 Å². The quantitative estimate of drug-likeness (QED) is 0.580. The van der Waals surface area contributed by atoms with Gasteiger partial charge in [-0.1, -0.05) is 30.3 Å². The van der Waals surface area contributed by atoms with E-state index >= 15 is 0 Å². The number of aryl methyl sites for hydroxylation is 1. The molecule has 2 rings (SSSR count). The predicted molar refractivity (Wildman–Crippen MR) is 74.4 cm³/mol. The molecule has 0 radical (unpaired) electrons. The minimum absolute atomic E-state index is 0.624. The van der Waals surface area contributed by atoms with Crippen LogP contribution in [0.3, 0.4) is 0 Å². The molecule has 0 aromatic heterocycles. The SMILES string of the molecule is C=CCCCC(NC)C1CCc2ccccc21. The Kier molecular flexibility index (Phi) is 4.38. The van der Waals surface area contributed by atoms with Crippen molar-refractivity contribution in [3.05, 3.63) is 48.0 Å². The van der Waals surface area contributed by atoms with Crippen LogP contribution in [0.4, 0.5) is 0 Å². The van der Waals surface area contributed by atoms with Gasteiger partial charge in [0.15, 0.2) is 0 Å². The smallest absolute Gasteiger partial charge is 0.0133 e. The summed E-state index contributed by atoms with van der Waals surface area (Å²) in [6.45, 7) is 3.80. The average molecular weight is 229 g/mol. The van der Waals surface area contributed by atoms with Crippen molar-refractivity contribution in [3.63, 3.8) is 0 Å². The highest BCUT2D eigenvalue weighted by molar-refractivity contribution is 5.35. The number of allylic oxidation sites excluding steroid dienone is 1. The van der Waals surface area contributed by atoms with Crippen LogP contribution in [-0.4, -0.2) is 13.1 Å². The molecule has 0 aliphatic heterocycles. The largest absolute Gasteiger partial charge is 0.316 e. The number of hydrogen-bond acceptors (Lipinski definition) is 1. The third-order valence-corrected chi connectivity index (χ3v) is 3.96. The van der Waals surface area contributed by atoms with Gasteiger partial charge in [0.2, 0.25) is 0 Å². The predicted octanol–water partition coefficient (Wildman–Crippen LogP) is 3.66. The molecule has 1 nitrogen and oxygen atoms in total. The van der Waals surface area contributed by atoms with Crippen molar-refractivity contribution in [2.75, 3.05) is 7.05 Å². The summed E-state index contributed by atoms with van der Waals surface area (Å²) in [5, 5.41) is 3.51. The Morgan fingerprint density at radius 3 is 3.06 bits per heavy atom. The molecule has 2 atom stereocenters. The lowest BCUT2D eigenvalue weighted by atomic mass is 9.90. The molecule has 0 bridgehead atoms. The summed E-state index contributed by atoms with van der Waals surface area (Å²) < 4.78 is 0. The fraction of sp³-hybridized carbons (Fsp3) is 0.500. The molecular formula is C16H23N. The van der Waals surface area contributed by atoms with Gasteiger partial charge in [-0.2, -0.15) is 0 Å². The summed E-state index contributed by atoms with van der Waals surface area (Å²) in [6, 6.07) is 9.55. The Bertz CT molecular complexity index is 370. The van der Waals surface area contributed by atoms with Crippen LogP contribution < -0.4 is 5.32 Å². The normalized spacial score (nSPS) is 19.9. The number of rotatable bonds is 6. The maximum atomic E-state index is 3.80. The molecule has 0 amide bonds. The first-order valence-corrected chi connectivity index (χ1v) is 6.72. The summed E-state index contributed by atoms with van der Waals surface area (Å²) in [5.41, 5.74) is 3.13. The van der Waals surface area contributed by atoms with Crippen LogP contribution in [0.15, 0.2) is 36.9 Å². The van der Waals surface area contributed by atoms with Gasteiger partial charge in [0.1, 0.15) is 0 Å². The maximum Gasteiger partial charge on any atom is 0.0133 e. The molecule has 0 heterocycles. The van der Waals surface area contributed by atoms with Crippen molar-refractivity contribution < 1.29 is 0 Å². The second-order valence-electron chi connectivity index (χ2n) is 4.96. The van der Waals surface area contributed by atoms with Crippen molar-refractivity contribution in [1.82, 2.24) is 5.32 Å². The lowest BCUT2D eigenvalue weighted by molar-refractivity contribution is 0.423. The first-order chi connectivity index (χ1) is 8.36. The summed E-state index contributed by atoms with van der Waals surface area (Å²) in [6.07, 6.45) is 8.20. The molecular weight excluding hydrogens is 206 g/mol. The Balaban J connectivity index is 2.03. The van der Waals surface area contributed by atoms with E-state index < -0.39 is 0 Å². The maximum absolute atomic E-state index is 3.80. The van der Waals surface area contributed by atoms with Gasteiger partial charge >= 0.3 is 0 Å². The van der Waals surface area contributed by atoms with Gasteiger partial charge < -0.3 is 5.32 Å². The lowest BCUT2D eigenvalue weighted by Gasteiger charge is -2.24. The minimum atomic E-state index is 0.624. The topological polar surface area (TPSA) is 12.0 Å². The van der Waals surface area contributed by atoms with Gasteiger partial charge in [0.05, 0.1) is 0 Å². The van der Waals surface area contributed by atoms with Gasteiger partial charge in [-0.3, -0.25) is 0 Å². The van der Waals surface area contributed by atoms with E-state index in [9.17, 15) is 0 Å². The number of benzene rings is 1. The number of fused-ring (bicyclic) bond motifs is 1. The number of hydrogen-bond donors (Lipinski definition) is 1. The van der Waals surface area contributed by atoms with Crippen LogP contribution in [0, 0.1) is 0 Å². The van der Waals surface area contributed by atoms with Crippen LogP contribution in [0.5, 0.6) is 0 Å². The molecule has 0 spiro atoms. The molecule has 1 N–H and O–H groups in total. The van der Waals surface area contributed by atoms with Gasteiger partial charge in [-0.15, -0.1) is 6.58 Å². The van der Waals surface area contributed by atoms with Gasteiger partial charge in [0.25, 0.3) is 0 Å². The zero-order chi connectivity index (χ0) is 12.1. The summed E-state index contributed by atoms with van der Waals surface area (Å²) in [4.78, 5) is 0. The highest BCUT2D eigenvalue weighted by atomic mass is 14.9. The molecule has 0 saturated carbocycles. The van der Waals surface area contributed by atoms with Gasteiger partial charge in [-0.05, 0) is 56.2 Å². The van der Waals surface area contributed by atoms with E-state index in [1.165, 1.54) is 25.7 Å². The van der Waals surface area contributed by atoms with Crippen LogP contribution in [0.2, 0.25) is 0 Å². The zero-order valence-corrected chi connectivity index (χ0v) is 10.8. The van der Waals surface area contributed by atoms with Gasteiger partial charge in [-0.25, -0.2) is 0 Å². The van der Waals surface area contributed by atoms with E-state index in [1.807, 2.05) is 6.08 Å². The van der Waals surface area contributed by atoms with E-state index in [1.54, 1.807) is 11.1 Å². The average Bonchev–Trinajstić information content (AvgIpc) is 2.79. The lowest BCUT2D eigenvalue weighted by Crippen LogP contribution is -2.31. The number of likely N-dealkylation sites (N-methyl/N-ethyl adjacent to an activating group) is 1.